The van der Waals surface area contributed by atoms with E-state index in [0.717, 1.165) is 11.8 Å². The lowest BCUT2D eigenvalue weighted by Crippen LogP contribution is -2.36. The number of alkyl halides is 2. The number of benzene rings is 1. The zero-order valence-electron chi connectivity index (χ0n) is 10.9. The molecule has 116 valence electrons. The molecule has 21 heavy (non-hydrogen) atoms. The molecule has 0 aliphatic carbocycles. The van der Waals surface area contributed by atoms with Crippen LogP contribution in [0, 0.1) is 0 Å². The van der Waals surface area contributed by atoms with Gasteiger partial charge in [0.25, 0.3) is 0 Å². The largest absolute Gasteiger partial charge is 0.346 e. The Morgan fingerprint density at radius 3 is 2.67 bits per heavy atom. The minimum Gasteiger partial charge on any atom is -0.346 e. The summed E-state index contributed by atoms with van der Waals surface area (Å²) < 4.78 is 24.6. The molecule has 5 nitrogen and oxygen atoms in total. The number of halogens is 3. The third kappa shape index (κ3) is 6.28. The highest BCUT2D eigenvalue weighted by Crippen LogP contribution is 2.34. The lowest BCUT2D eigenvalue weighted by atomic mass is 10.3. The number of carbonyl (C=O) groups excluding carboxylic acids is 2. The van der Waals surface area contributed by atoms with Crippen molar-refractivity contribution in [2.24, 2.45) is 5.73 Å². The van der Waals surface area contributed by atoms with Gasteiger partial charge in [0.1, 0.15) is 0 Å². The smallest absolute Gasteiger partial charge is 0.247 e. The van der Waals surface area contributed by atoms with Gasteiger partial charge >= 0.3 is 0 Å². The molecular weight excluding hydrogens is 324 g/mol. The highest BCUT2D eigenvalue weighted by molar-refractivity contribution is 7.99. The molecule has 1 aromatic carbocycles. The molecule has 2 amide bonds. The Morgan fingerprint density at radius 2 is 2.05 bits per heavy atom. The van der Waals surface area contributed by atoms with Gasteiger partial charge in [0, 0.05) is 4.90 Å². The van der Waals surface area contributed by atoms with Crippen LogP contribution in [-0.2, 0) is 9.59 Å². The summed E-state index contributed by atoms with van der Waals surface area (Å²) in [6.07, 6.45) is -2.49. The number of amides is 2. The molecule has 0 atom stereocenters. The Kier molecular flexibility index (Phi) is 7.41. The lowest BCUT2D eigenvalue weighted by molar-refractivity contribution is -0.123. The Hall–Kier alpha value is -1.38. The van der Waals surface area contributed by atoms with Gasteiger partial charge in [-0.2, -0.15) is 0 Å². The fourth-order valence-corrected chi connectivity index (χ4v) is 2.46. The van der Waals surface area contributed by atoms with Gasteiger partial charge in [-0.3, -0.25) is 9.59 Å². The monoisotopic (exact) mass is 337 g/mol. The van der Waals surface area contributed by atoms with Gasteiger partial charge in [-0.05, 0) is 12.1 Å². The van der Waals surface area contributed by atoms with Crippen LogP contribution in [0.15, 0.2) is 23.1 Å². The number of nitrogens with one attached hydrogen (secondary N) is 2. The van der Waals surface area contributed by atoms with Gasteiger partial charge in [0.15, 0.2) is 0 Å². The van der Waals surface area contributed by atoms with E-state index >= 15 is 0 Å². The number of carbonyl (C=O) groups is 2. The number of thioether (sulfide) groups is 1. The molecule has 0 aliphatic rings. The van der Waals surface area contributed by atoms with Crippen molar-refractivity contribution in [2.45, 2.75) is 11.3 Å². The number of hydrogen-bond acceptors (Lipinski definition) is 4. The molecule has 0 aliphatic heterocycles. The first-order valence-electron chi connectivity index (χ1n) is 5.90. The maximum Gasteiger partial charge on any atom is 0.247 e. The second kappa shape index (κ2) is 8.81. The summed E-state index contributed by atoms with van der Waals surface area (Å²) in [5.74, 6) is -1.40. The molecule has 4 N–H and O–H groups in total. The normalized spacial score (nSPS) is 10.5. The van der Waals surface area contributed by atoms with Crippen molar-refractivity contribution >= 4 is 40.9 Å². The molecule has 0 saturated carbocycles. The molecule has 1 aromatic rings. The molecule has 0 heterocycles. The molecule has 0 aromatic heterocycles. The molecule has 1 rings (SSSR count). The molecule has 0 fully saturated rings. The maximum absolute atomic E-state index is 12.3. The number of nitrogens with two attached hydrogens (primary N) is 1. The average Bonchev–Trinajstić information content (AvgIpc) is 2.43. The predicted octanol–water partition coefficient (Wildman–Crippen LogP) is 1.71. The van der Waals surface area contributed by atoms with Gasteiger partial charge < -0.3 is 16.4 Å². The van der Waals surface area contributed by atoms with Crippen LogP contribution >= 0.6 is 23.4 Å². The summed E-state index contributed by atoms with van der Waals surface area (Å²) >= 11 is 6.79. The van der Waals surface area contributed by atoms with Crippen molar-refractivity contribution in [2.75, 3.05) is 24.2 Å². The van der Waals surface area contributed by atoms with E-state index in [1.54, 1.807) is 18.2 Å². The molecule has 0 saturated heterocycles. The number of rotatable bonds is 7. The maximum atomic E-state index is 12.3. The molecule has 0 radical (unpaired) electrons. The first-order chi connectivity index (χ1) is 9.93. The molecule has 0 bridgehead atoms. The van der Waals surface area contributed by atoms with E-state index in [1.807, 2.05) is 0 Å². The molecule has 9 heteroatoms. The standard InChI is InChI=1S/C12H14ClF2N3O2S/c13-7-2-1-3-8(12(7)21-6-9(14)15)18-11(20)5-17-10(19)4-16/h1-3,9H,4-6,16H2,(H,17,19)(H,18,20). The fraction of sp³-hybridized carbons (Fsp3) is 0.333. The first-order valence-corrected chi connectivity index (χ1v) is 7.26. The number of hydrogen-bond donors (Lipinski definition) is 3. The molecular formula is C12H14ClF2N3O2S. The van der Waals surface area contributed by atoms with Crippen molar-refractivity contribution in [3.8, 4) is 0 Å². The van der Waals surface area contributed by atoms with Crippen molar-refractivity contribution in [1.82, 2.24) is 5.32 Å². The quantitative estimate of drug-likeness (QED) is 0.661. The minimum atomic E-state index is -2.49. The van der Waals surface area contributed by atoms with Crippen LogP contribution in [0.4, 0.5) is 14.5 Å². The van der Waals surface area contributed by atoms with Crippen LogP contribution in [-0.4, -0.2) is 37.1 Å². The lowest BCUT2D eigenvalue weighted by Gasteiger charge is -2.12. The third-order valence-corrected chi connectivity index (χ3v) is 3.80. The van der Waals surface area contributed by atoms with E-state index in [1.165, 1.54) is 0 Å². The highest BCUT2D eigenvalue weighted by atomic mass is 35.5. The van der Waals surface area contributed by atoms with Crippen molar-refractivity contribution in [3.63, 3.8) is 0 Å². The number of anilines is 1. The molecule has 0 spiro atoms. The van der Waals surface area contributed by atoms with E-state index in [-0.39, 0.29) is 18.1 Å². The topological polar surface area (TPSA) is 84.2 Å². The first kappa shape index (κ1) is 17.7. The van der Waals surface area contributed by atoms with Crippen LogP contribution in [0.2, 0.25) is 5.02 Å². The van der Waals surface area contributed by atoms with Crippen LogP contribution in [0.5, 0.6) is 0 Å². The predicted molar refractivity (Wildman–Crippen MR) is 78.9 cm³/mol. The summed E-state index contributed by atoms with van der Waals surface area (Å²) in [6, 6.07) is 4.67. The van der Waals surface area contributed by atoms with Gasteiger partial charge in [0.2, 0.25) is 18.2 Å². The van der Waals surface area contributed by atoms with Crippen LogP contribution in [0.1, 0.15) is 0 Å². The van der Waals surface area contributed by atoms with Gasteiger partial charge in [-0.1, -0.05) is 17.7 Å². The second-order valence-corrected chi connectivity index (χ2v) is 5.29. The van der Waals surface area contributed by atoms with Crippen LogP contribution < -0.4 is 16.4 Å². The third-order valence-electron chi connectivity index (χ3n) is 2.23. The Morgan fingerprint density at radius 1 is 1.33 bits per heavy atom. The Labute approximate surface area is 129 Å². The van der Waals surface area contributed by atoms with E-state index in [2.05, 4.69) is 10.6 Å². The zero-order chi connectivity index (χ0) is 15.8. The fourth-order valence-electron chi connectivity index (χ4n) is 1.35. The summed E-state index contributed by atoms with van der Waals surface area (Å²) in [7, 11) is 0. The Bertz CT molecular complexity index is 517. The van der Waals surface area contributed by atoms with Crippen molar-refractivity contribution in [1.29, 1.82) is 0 Å². The van der Waals surface area contributed by atoms with E-state index in [0.29, 0.717) is 10.6 Å². The van der Waals surface area contributed by atoms with Gasteiger partial charge in [0.05, 0.1) is 29.6 Å². The summed E-state index contributed by atoms with van der Waals surface area (Å²) in [6.45, 7) is -0.485. The summed E-state index contributed by atoms with van der Waals surface area (Å²) in [5.41, 5.74) is 5.41. The zero-order valence-corrected chi connectivity index (χ0v) is 12.4. The van der Waals surface area contributed by atoms with E-state index in [9.17, 15) is 18.4 Å². The van der Waals surface area contributed by atoms with E-state index in [4.69, 9.17) is 17.3 Å². The van der Waals surface area contributed by atoms with Crippen LogP contribution in [0.3, 0.4) is 0 Å². The van der Waals surface area contributed by atoms with Gasteiger partial charge in [-0.25, -0.2) is 8.78 Å². The molecule has 0 unspecified atom stereocenters. The van der Waals surface area contributed by atoms with Gasteiger partial charge in [-0.15, -0.1) is 11.8 Å². The summed E-state index contributed by atoms with van der Waals surface area (Å²) in [4.78, 5) is 23.0. The Balaban J connectivity index is 2.71. The highest BCUT2D eigenvalue weighted by Gasteiger charge is 2.13. The minimum absolute atomic E-state index is 0.222. The second-order valence-electron chi connectivity index (χ2n) is 3.85. The van der Waals surface area contributed by atoms with Crippen molar-refractivity contribution < 1.29 is 18.4 Å². The average molecular weight is 338 g/mol. The summed E-state index contributed by atoms with van der Waals surface area (Å²) in [5, 5.41) is 5.08. The SMILES string of the molecule is NCC(=O)NCC(=O)Nc1cccc(Cl)c1SCC(F)F. The van der Waals surface area contributed by atoms with Crippen molar-refractivity contribution in [3.05, 3.63) is 23.2 Å². The van der Waals surface area contributed by atoms with Crippen LogP contribution in [0.25, 0.3) is 0 Å². The van der Waals surface area contributed by atoms with E-state index < -0.39 is 24.0 Å².